The van der Waals surface area contributed by atoms with Crippen LogP contribution < -0.4 is 5.32 Å². The summed E-state index contributed by atoms with van der Waals surface area (Å²) in [5, 5.41) is 9.55. The minimum atomic E-state index is -4.69. The Morgan fingerprint density at radius 2 is 1.97 bits per heavy atom. The quantitative estimate of drug-likeness (QED) is 0.709. The van der Waals surface area contributed by atoms with E-state index >= 15 is 0 Å². The fourth-order valence-corrected chi connectivity index (χ4v) is 3.14. The zero-order valence-corrected chi connectivity index (χ0v) is 15.4. The van der Waals surface area contributed by atoms with Gasteiger partial charge in [-0.3, -0.25) is 9.59 Å². The van der Waals surface area contributed by atoms with Gasteiger partial charge in [-0.2, -0.15) is 18.3 Å². The Bertz CT molecular complexity index is 1100. The molecule has 4 rings (SSSR count). The van der Waals surface area contributed by atoms with E-state index in [-0.39, 0.29) is 23.5 Å². The first-order valence-corrected chi connectivity index (χ1v) is 8.91. The monoisotopic (exact) mass is 416 g/mol. The molecule has 1 N–H and O–H groups in total. The molecule has 3 heterocycles. The van der Waals surface area contributed by atoms with Gasteiger partial charge >= 0.3 is 6.18 Å². The van der Waals surface area contributed by atoms with E-state index in [0.29, 0.717) is 13.1 Å². The lowest BCUT2D eigenvalue weighted by atomic mass is 10.1. The van der Waals surface area contributed by atoms with E-state index in [9.17, 15) is 22.8 Å². The molecular formula is C19H15F3N6O2. The molecule has 0 spiro atoms. The van der Waals surface area contributed by atoms with E-state index in [1.807, 2.05) is 4.57 Å². The Hall–Kier alpha value is -3.76. The number of fused-ring (bicyclic) bond motifs is 1. The molecule has 1 aliphatic rings. The maximum Gasteiger partial charge on any atom is 0.416 e. The molecule has 0 bridgehead atoms. The summed E-state index contributed by atoms with van der Waals surface area (Å²) >= 11 is 0. The highest BCUT2D eigenvalue weighted by Gasteiger charge is 2.33. The highest BCUT2D eigenvalue weighted by Crippen LogP contribution is 2.32. The summed E-state index contributed by atoms with van der Waals surface area (Å²) in [6.07, 6.45) is -0.0785. The summed E-state index contributed by atoms with van der Waals surface area (Å²) in [5.74, 6) is -1.30. The van der Waals surface area contributed by atoms with E-state index < -0.39 is 23.6 Å². The second kappa shape index (κ2) is 7.58. The van der Waals surface area contributed by atoms with E-state index in [1.165, 1.54) is 29.3 Å². The van der Waals surface area contributed by atoms with Crippen molar-refractivity contribution in [2.45, 2.75) is 19.3 Å². The summed E-state index contributed by atoms with van der Waals surface area (Å²) in [6, 6.07) is 5.63. The van der Waals surface area contributed by atoms with Crippen molar-refractivity contribution in [2.75, 3.05) is 11.9 Å². The third-order valence-corrected chi connectivity index (χ3v) is 4.62. The lowest BCUT2D eigenvalue weighted by molar-refractivity contribution is -0.137. The Balaban J connectivity index is 1.63. The molecule has 0 fully saturated rings. The van der Waals surface area contributed by atoms with Gasteiger partial charge in [0.25, 0.3) is 11.8 Å². The van der Waals surface area contributed by atoms with E-state index in [1.54, 1.807) is 12.5 Å². The highest BCUT2D eigenvalue weighted by molar-refractivity contribution is 6.04. The number of rotatable bonds is 3. The van der Waals surface area contributed by atoms with Gasteiger partial charge in [0.15, 0.2) is 5.69 Å². The van der Waals surface area contributed by atoms with Crippen LogP contribution in [0.25, 0.3) is 0 Å². The van der Waals surface area contributed by atoms with Crippen LogP contribution in [0.15, 0.2) is 49.1 Å². The highest BCUT2D eigenvalue weighted by atomic mass is 19.4. The van der Waals surface area contributed by atoms with Gasteiger partial charge in [0, 0.05) is 36.7 Å². The fourth-order valence-electron chi connectivity index (χ4n) is 3.14. The molecule has 0 unspecified atom stereocenters. The van der Waals surface area contributed by atoms with Crippen molar-refractivity contribution in [3.05, 3.63) is 71.6 Å². The topological polar surface area (TPSA) is 93.0 Å². The number of hydrogen-bond acceptors (Lipinski definition) is 5. The molecule has 0 saturated carbocycles. The largest absolute Gasteiger partial charge is 0.416 e. The van der Waals surface area contributed by atoms with Crippen LogP contribution in [-0.4, -0.2) is 43.0 Å². The molecule has 0 saturated heterocycles. The average Bonchev–Trinajstić information content (AvgIpc) is 3.21. The Kier molecular flexibility index (Phi) is 4.94. The molecule has 2 aromatic heterocycles. The number of carbonyl (C=O) groups is 2. The number of nitrogens with zero attached hydrogens (tertiary/aromatic N) is 5. The SMILES string of the molecule is O=C(Nc1cc(C(=O)N2CCn3cncc3C2)cc(C(F)(F)F)c1)c1cccnn1. The van der Waals surface area contributed by atoms with Crippen molar-refractivity contribution < 1.29 is 22.8 Å². The molecule has 8 nitrogen and oxygen atoms in total. The van der Waals surface area contributed by atoms with Crippen molar-refractivity contribution in [2.24, 2.45) is 0 Å². The predicted molar refractivity (Wildman–Crippen MR) is 98.4 cm³/mol. The molecule has 1 aliphatic heterocycles. The third kappa shape index (κ3) is 4.00. The van der Waals surface area contributed by atoms with Gasteiger partial charge < -0.3 is 14.8 Å². The van der Waals surface area contributed by atoms with Crippen molar-refractivity contribution >= 4 is 17.5 Å². The number of carbonyl (C=O) groups excluding carboxylic acids is 2. The summed E-state index contributed by atoms with van der Waals surface area (Å²) in [7, 11) is 0. The Labute approximate surface area is 168 Å². The number of amides is 2. The molecule has 11 heteroatoms. The first-order chi connectivity index (χ1) is 14.3. The van der Waals surface area contributed by atoms with E-state index in [4.69, 9.17) is 0 Å². The molecule has 0 aliphatic carbocycles. The second-order valence-corrected chi connectivity index (χ2v) is 6.66. The zero-order valence-electron chi connectivity index (χ0n) is 15.4. The Morgan fingerprint density at radius 3 is 2.70 bits per heavy atom. The van der Waals surface area contributed by atoms with Gasteiger partial charge in [0.1, 0.15) is 0 Å². The first kappa shape index (κ1) is 19.6. The maximum atomic E-state index is 13.4. The first-order valence-electron chi connectivity index (χ1n) is 8.91. The minimum absolute atomic E-state index is 0.0629. The van der Waals surface area contributed by atoms with Crippen LogP contribution in [0.1, 0.15) is 32.1 Å². The van der Waals surface area contributed by atoms with Crippen LogP contribution in [0, 0.1) is 0 Å². The van der Waals surface area contributed by atoms with Crippen LogP contribution in [-0.2, 0) is 19.3 Å². The molecule has 3 aromatic rings. The van der Waals surface area contributed by atoms with E-state index in [2.05, 4.69) is 20.5 Å². The number of alkyl halides is 3. The third-order valence-electron chi connectivity index (χ3n) is 4.62. The summed E-state index contributed by atoms with van der Waals surface area (Å²) < 4.78 is 42.1. The maximum absolute atomic E-state index is 13.4. The van der Waals surface area contributed by atoms with Gasteiger partial charge in [-0.15, -0.1) is 5.10 Å². The number of halogens is 3. The summed E-state index contributed by atoms with van der Waals surface area (Å²) in [6.45, 7) is 1.06. The fraction of sp³-hybridized carbons (Fsp3) is 0.211. The van der Waals surface area contributed by atoms with Gasteiger partial charge in [0.2, 0.25) is 0 Å². The van der Waals surface area contributed by atoms with Crippen LogP contribution in [0.4, 0.5) is 18.9 Å². The van der Waals surface area contributed by atoms with E-state index in [0.717, 1.165) is 17.8 Å². The number of imidazole rings is 1. The van der Waals surface area contributed by atoms with Crippen LogP contribution in [0.2, 0.25) is 0 Å². The Morgan fingerprint density at radius 1 is 1.13 bits per heavy atom. The normalized spacial score (nSPS) is 13.6. The lowest BCUT2D eigenvalue weighted by Gasteiger charge is -2.28. The molecule has 0 atom stereocenters. The standard InChI is InChI=1S/C19H15F3N6O2/c20-19(21,22)13-6-12(18(30)27-4-5-28-11-23-9-15(28)10-27)7-14(8-13)25-17(29)16-2-1-3-24-26-16/h1-3,6-9,11H,4-5,10H2,(H,25,29). The van der Waals surface area contributed by atoms with Crippen molar-refractivity contribution in [1.29, 1.82) is 0 Å². The molecule has 2 amide bonds. The van der Waals surface area contributed by atoms with Crippen LogP contribution >= 0.6 is 0 Å². The molecular weight excluding hydrogens is 401 g/mol. The molecule has 0 radical (unpaired) electrons. The van der Waals surface area contributed by atoms with Gasteiger partial charge in [-0.05, 0) is 30.3 Å². The van der Waals surface area contributed by atoms with Crippen LogP contribution in [0.5, 0.6) is 0 Å². The van der Waals surface area contributed by atoms with Crippen molar-refractivity contribution in [3.8, 4) is 0 Å². The van der Waals surface area contributed by atoms with Crippen molar-refractivity contribution in [1.82, 2.24) is 24.6 Å². The number of nitrogens with one attached hydrogen (secondary N) is 1. The number of benzene rings is 1. The summed E-state index contributed by atoms with van der Waals surface area (Å²) in [5.41, 5.74) is -0.646. The average molecular weight is 416 g/mol. The summed E-state index contributed by atoms with van der Waals surface area (Å²) in [4.78, 5) is 30.6. The minimum Gasteiger partial charge on any atom is -0.331 e. The number of aromatic nitrogens is 4. The van der Waals surface area contributed by atoms with Gasteiger partial charge in [0.05, 0.1) is 24.1 Å². The number of anilines is 1. The lowest BCUT2D eigenvalue weighted by Crippen LogP contribution is -2.38. The smallest absolute Gasteiger partial charge is 0.331 e. The van der Waals surface area contributed by atoms with Gasteiger partial charge in [-0.1, -0.05) is 0 Å². The molecule has 1 aromatic carbocycles. The zero-order chi connectivity index (χ0) is 21.3. The van der Waals surface area contributed by atoms with Crippen LogP contribution in [0.3, 0.4) is 0 Å². The van der Waals surface area contributed by atoms with Gasteiger partial charge in [-0.25, -0.2) is 4.98 Å². The predicted octanol–water partition coefficient (Wildman–Crippen LogP) is 2.60. The second-order valence-electron chi connectivity index (χ2n) is 6.66. The molecule has 30 heavy (non-hydrogen) atoms. The molecule has 154 valence electrons. The number of hydrogen-bond donors (Lipinski definition) is 1. The van der Waals surface area contributed by atoms with Crippen molar-refractivity contribution in [3.63, 3.8) is 0 Å².